The number of nitrogens with one attached hydrogen (secondary N) is 1. The number of hydrogen-bond acceptors (Lipinski definition) is 2. The van der Waals surface area contributed by atoms with Crippen LogP contribution in [0.15, 0.2) is 0 Å². The molecule has 1 saturated carbocycles. The number of amides is 1. The molecule has 0 aliphatic heterocycles. The van der Waals surface area contributed by atoms with Gasteiger partial charge in [-0.05, 0) is 32.6 Å². The SMILES string of the molecule is CC(C)(CO)NC(=O)CC1CCCCCC1. The third kappa shape index (κ3) is 4.97. The topological polar surface area (TPSA) is 49.3 Å². The highest BCUT2D eigenvalue weighted by atomic mass is 16.3. The molecule has 2 N–H and O–H groups in total. The summed E-state index contributed by atoms with van der Waals surface area (Å²) in [5.74, 6) is 0.642. The zero-order valence-corrected chi connectivity index (χ0v) is 10.6. The van der Waals surface area contributed by atoms with Crippen LogP contribution >= 0.6 is 0 Å². The quantitative estimate of drug-likeness (QED) is 0.724. The number of aliphatic hydroxyl groups is 1. The number of rotatable bonds is 4. The lowest BCUT2D eigenvalue weighted by Gasteiger charge is -2.24. The van der Waals surface area contributed by atoms with E-state index in [1.165, 1.54) is 38.5 Å². The van der Waals surface area contributed by atoms with E-state index < -0.39 is 5.54 Å². The Labute approximate surface area is 98.6 Å². The van der Waals surface area contributed by atoms with Gasteiger partial charge in [0.2, 0.25) is 5.91 Å². The second kappa shape index (κ2) is 6.24. The van der Waals surface area contributed by atoms with E-state index in [-0.39, 0.29) is 12.5 Å². The molecule has 3 nitrogen and oxygen atoms in total. The third-order valence-electron chi connectivity index (χ3n) is 3.32. The molecule has 0 unspecified atom stereocenters. The van der Waals surface area contributed by atoms with Crippen molar-refractivity contribution in [1.82, 2.24) is 5.32 Å². The van der Waals surface area contributed by atoms with Crippen molar-refractivity contribution in [2.24, 2.45) is 5.92 Å². The minimum atomic E-state index is -0.484. The second-order valence-corrected chi connectivity index (χ2v) is 5.65. The van der Waals surface area contributed by atoms with Crippen LogP contribution in [0.4, 0.5) is 0 Å². The van der Waals surface area contributed by atoms with Crippen LogP contribution in [0.2, 0.25) is 0 Å². The minimum absolute atomic E-state index is 0.0105. The Balaban J connectivity index is 2.32. The van der Waals surface area contributed by atoms with E-state index in [0.717, 1.165) is 0 Å². The van der Waals surface area contributed by atoms with Gasteiger partial charge < -0.3 is 10.4 Å². The standard InChI is InChI=1S/C13H25NO2/c1-13(2,10-15)14-12(16)9-11-7-5-3-4-6-8-11/h11,15H,3-10H2,1-2H3,(H,14,16). The zero-order valence-electron chi connectivity index (χ0n) is 10.6. The van der Waals surface area contributed by atoms with Gasteiger partial charge in [0.15, 0.2) is 0 Å². The largest absolute Gasteiger partial charge is 0.394 e. The van der Waals surface area contributed by atoms with Gasteiger partial charge in [0.25, 0.3) is 0 Å². The summed E-state index contributed by atoms with van der Waals surface area (Å²) in [5, 5.41) is 12.0. The van der Waals surface area contributed by atoms with E-state index in [1.54, 1.807) is 0 Å². The van der Waals surface area contributed by atoms with Crippen LogP contribution < -0.4 is 5.32 Å². The van der Waals surface area contributed by atoms with Gasteiger partial charge in [-0.2, -0.15) is 0 Å². The van der Waals surface area contributed by atoms with Crippen molar-refractivity contribution in [1.29, 1.82) is 0 Å². The van der Waals surface area contributed by atoms with Crippen molar-refractivity contribution in [2.45, 2.75) is 64.3 Å². The van der Waals surface area contributed by atoms with E-state index >= 15 is 0 Å². The number of carbonyl (C=O) groups excluding carboxylic acids is 1. The highest BCUT2D eigenvalue weighted by Crippen LogP contribution is 2.25. The van der Waals surface area contributed by atoms with Gasteiger partial charge in [0.05, 0.1) is 12.1 Å². The molecule has 3 heteroatoms. The first-order valence-electron chi connectivity index (χ1n) is 6.45. The number of carbonyl (C=O) groups is 1. The molecule has 0 radical (unpaired) electrons. The summed E-state index contributed by atoms with van der Waals surface area (Å²) in [6.07, 6.45) is 8.17. The molecule has 1 aliphatic carbocycles. The van der Waals surface area contributed by atoms with Crippen molar-refractivity contribution in [3.05, 3.63) is 0 Å². The normalized spacial score (nSPS) is 19.2. The molecule has 0 aromatic carbocycles. The van der Waals surface area contributed by atoms with Gasteiger partial charge >= 0.3 is 0 Å². The maximum absolute atomic E-state index is 11.8. The van der Waals surface area contributed by atoms with Crippen LogP contribution in [0, 0.1) is 5.92 Å². The highest BCUT2D eigenvalue weighted by Gasteiger charge is 2.22. The molecule has 0 heterocycles. The summed E-state index contributed by atoms with van der Waals surface area (Å²) in [6.45, 7) is 3.68. The van der Waals surface area contributed by atoms with Crippen molar-refractivity contribution in [2.75, 3.05) is 6.61 Å². The van der Waals surface area contributed by atoms with Crippen LogP contribution in [0.3, 0.4) is 0 Å². The molecule has 0 spiro atoms. The molecule has 0 bridgehead atoms. The number of aliphatic hydroxyl groups excluding tert-OH is 1. The van der Waals surface area contributed by atoms with Gasteiger partial charge in [-0.15, -0.1) is 0 Å². The van der Waals surface area contributed by atoms with Crippen molar-refractivity contribution < 1.29 is 9.90 Å². The highest BCUT2D eigenvalue weighted by molar-refractivity contribution is 5.76. The van der Waals surface area contributed by atoms with Gasteiger partial charge in [-0.25, -0.2) is 0 Å². The fraction of sp³-hybridized carbons (Fsp3) is 0.923. The van der Waals surface area contributed by atoms with Crippen molar-refractivity contribution in [3.63, 3.8) is 0 Å². The van der Waals surface area contributed by atoms with E-state index in [2.05, 4.69) is 5.32 Å². The molecule has 1 fully saturated rings. The monoisotopic (exact) mass is 227 g/mol. The second-order valence-electron chi connectivity index (χ2n) is 5.65. The number of hydrogen-bond donors (Lipinski definition) is 2. The van der Waals surface area contributed by atoms with Crippen LogP contribution in [-0.4, -0.2) is 23.2 Å². The Morgan fingerprint density at radius 3 is 2.31 bits per heavy atom. The molecule has 16 heavy (non-hydrogen) atoms. The Kier molecular flexibility index (Phi) is 5.26. The lowest BCUT2D eigenvalue weighted by Crippen LogP contribution is -2.46. The van der Waals surface area contributed by atoms with E-state index in [9.17, 15) is 4.79 Å². The Bertz CT molecular complexity index is 218. The molecule has 1 amide bonds. The molecule has 1 rings (SSSR count). The van der Waals surface area contributed by atoms with Crippen molar-refractivity contribution >= 4 is 5.91 Å². The minimum Gasteiger partial charge on any atom is -0.394 e. The van der Waals surface area contributed by atoms with Gasteiger partial charge in [0.1, 0.15) is 0 Å². The zero-order chi connectivity index (χ0) is 12.0. The first-order chi connectivity index (χ1) is 7.53. The summed E-state index contributed by atoms with van der Waals surface area (Å²) >= 11 is 0. The summed E-state index contributed by atoms with van der Waals surface area (Å²) in [6, 6.07) is 0. The van der Waals surface area contributed by atoms with E-state index in [0.29, 0.717) is 12.3 Å². The average molecular weight is 227 g/mol. The molecule has 94 valence electrons. The smallest absolute Gasteiger partial charge is 0.220 e. The fourth-order valence-electron chi connectivity index (χ4n) is 2.30. The lowest BCUT2D eigenvalue weighted by atomic mass is 9.95. The Morgan fingerprint density at radius 1 is 1.25 bits per heavy atom. The van der Waals surface area contributed by atoms with E-state index in [1.807, 2.05) is 13.8 Å². The van der Waals surface area contributed by atoms with Crippen LogP contribution in [-0.2, 0) is 4.79 Å². The molecule has 0 saturated heterocycles. The summed E-state index contributed by atoms with van der Waals surface area (Å²) < 4.78 is 0. The van der Waals surface area contributed by atoms with Crippen LogP contribution in [0.5, 0.6) is 0 Å². The third-order valence-corrected chi connectivity index (χ3v) is 3.32. The first kappa shape index (κ1) is 13.5. The predicted molar refractivity (Wildman–Crippen MR) is 65.1 cm³/mol. The summed E-state index contributed by atoms with van der Waals surface area (Å²) in [5.41, 5.74) is -0.484. The molecular weight excluding hydrogens is 202 g/mol. The molecule has 0 aromatic rings. The maximum Gasteiger partial charge on any atom is 0.220 e. The first-order valence-corrected chi connectivity index (χ1v) is 6.45. The van der Waals surface area contributed by atoms with Crippen LogP contribution in [0.25, 0.3) is 0 Å². The van der Waals surface area contributed by atoms with Gasteiger partial charge in [0, 0.05) is 6.42 Å². The molecule has 0 atom stereocenters. The fourth-order valence-corrected chi connectivity index (χ4v) is 2.30. The summed E-state index contributed by atoms with van der Waals surface area (Å²) in [7, 11) is 0. The van der Waals surface area contributed by atoms with E-state index in [4.69, 9.17) is 5.11 Å². The average Bonchev–Trinajstić information content (AvgIpc) is 2.45. The Morgan fingerprint density at radius 2 is 1.81 bits per heavy atom. The predicted octanol–water partition coefficient (Wildman–Crippen LogP) is 2.23. The van der Waals surface area contributed by atoms with Gasteiger partial charge in [-0.3, -0.25) is 4.79 Å². The lowest BCUT2D eigenvalue weighted by molar-refractivity contribution is -0.124. The van der Waals surface area contributed by atoms with Crippen molar-refractivity contribution in [3.8, 4) is 0 Å². The van der Waals surface area contributed by atoms with Gasteiger partial charge in [-0.1, -0.05) is 25.7 Å². The maximum atomic E-state index is 11.8. The van der Waals surface area contributed by atoms with Crippen LogP contribution in [0.1, 0.15) is 58.8 Å². The summed E-state index contributed by atoms with van der Waals surface area (Å²) in [4.78, 5) is 11.8. The molecule has 1 aliphatic rings. The molecule has 0 aromatic heterocycles. The molecular formula is C13H25NO2. The Hall–Kier alpha value is -0.570.